The van der Waals surface area contributed by atoms with E-state index in [0.717, 1.165) is 5.75 Å². The van der Waals surface area contributed by atoms with Crippen molar-refractivity contribution < 1.29 is 9.53 Å². The second kappa shape index (κ2) is 3.12. The van der Waals surface area contributed by atoms with Gasteiger partial charge in [0.1, 0.15) is 17.6 Å². The van der Waals surface area contributed by atoms with Crippen LogP contribution in [0.4, 0.5) is 0 Å². The Bertz CT molecular complexity index is 341. The highest BCUT2D eigenvalue weighted by atomic mass is 16.5. The number of benzene rings is 1. The van der Waals surface area contributed by atoms with E-state index in [2.05, 4.69) is 0 Å². The van der Waals surface area contributed by atoms with Crippen molar-refractivity contribution in [3.05, 3.63) is 30.3 Å². The Labute approximate surface area is 83.9 Å². The van der Waals surface area contributed by atoms with E-state index in [0.29, 0.717) is 12.2 Å². The van der Waals surface area contributed by atoms with Crippen molar-refractivity contribution in [1.82, 2.24) is 0 Å². The highest BCUT2D eigenvalue weighted by Gasteiger charge is 2.49. The Kier molecular flexibility index (Phi) is 2.06. The predicted octanol–water partition coefficient (Wildman–Crippen LogP) is 2.43. The highest BCUT2D eigenvalue weighted by molar-refractivity contribution is 5.91. The number of carbonyl (C=O) groups is 1. The summed E-state index contributed by atoms with van der Waals surface area (Å²) in [5.74, 6) is 1.14. The SMILES string of the molecule is CC1(C)C(=O)CC1Oc1ccccc1. The molecule has 0 aliphatic heterocycles. The van der Waals surface area contributed by atoms with Crippen LogP contribution >= 0.6 is 0 Å². The molecule has 0 saturated heterocycles. The second-order valence-electron chi connectivity index (χ2n) is 4.27. The molecule has 2 heteroatoms. The molecular formula is C12H14O2. The minimum absolute atomic E-state index is 0.0393. The number of Topliss-reactive ketones (excluding diaryl/α,β-unsaturated/α-hetero) is 1. The maximum Gasteiger partial charge on any atom is 0.145 e. The van der Waals surface area contributed by atoms with Crippen molar-refractivity contribution >= 4 is 5.78 Å². The molecule has 0 amide bonds. The molecule has 0 spiro atoms. The quantitative estimate of drug-likeness (QED) is 0.716. The number of rotatable bonds is 2. The van der Waals surface area contributed by atoms with Gasteiger partial charge in [0.25, 0.3) is 0 Å². The number of hydrogen-bond acceptors (Lipinski definition) is 2. The van der Waals surface area contributed by atoms with Crippen LogP contribution in [0.3, 0.4) is 0 Å². The van der Waals surface area contributed by atoms with Gasteiger partial charge in [-0.25, -0.2) is 0 Å². The van der Waals surface area contributed by atoms with Gasteiger partial charge in [0.05, 0.1) is 5.41 Å². The molecule has 1 aromatic carbocycles. The average molecular weight is 190 g/mol. The lowest BCUT2D eigenvalue weighted by atomic mass is 9.68. The topological polar surface area (TPSA) is 26.3 Å². The summed E-state index contributed by atoms with van der Waals surface area (Å²) in [6, 6.07) is 9.65. The van der Waals surface area contributed by atoms with Crippen LogP contribution in [0.2, 0.25) is 0 Å². The van der Waals surface area contributed by atoms with Gasteiger partial charge in [-0.2, -0.15) is 0 Å². The third-order valence-corrected chi connectivity index (χ3v) is 2.92. The first-order valence-corrected chi connectivity index (χ1v) is 4.86. The Morgan fingerprint density at radius 3 is 2.43 bits per heavy atom. The number of carbonyl (C=O) groups excluding carboxylic acids is 1. The summed E-state index contributed by atoms with van der Waals surface area (Å²) >= 11 is 0. The third kappa shape index (κ3) is 1.41. The fraction of sp³-hybridized carbons (Fsp3) is 0.417. The van der Waals surface area contributed by atoms with E-state index >= 15 is 0 Å². The Morgan fingerprint density at radius 1 is 1.29 bits per heavy atom. The number of para-hydroxylation sites is 1. The first-order valence-electron chi connectivity index (χ1n) is 4.86. The molecule has 2 nitrogen and oxygen atoms in total. The Morgan fingerprint density at radius 2 is 1.93 bits per heavy atom. The molecule has 1 aliphatic carbocycles. The van der Waals surface area contributed by atoms with Crippen LogP contribution in [-0.4, -0.2) is 11.9 Å². The normalized spacial score (nSPS) is 24.1. The molecule has 14 heavy (non-hydrogen) atoms. The summed E-state index contributed by atoms with van der Waals surface area (Å²) in [6.07, 6.45) is 0.583. The molecule has 0 N–H and O–H groups in total. The fourth-order valence-electron chi connectivity index (χ4n) is 1.59. The van der Waals surface area contributed by atoms with Gasteiger partial charge in [-0.05, 0) is 26.0 Å². The van der Waals surface area contributed by atoms with E-state index in [4.69, 9.17) is 4.74 Å². The molecule has 1 fully saturated rings. The van der Waals surface area contributed by atoms with Crippen LogP contribution in [0, 0.1) is 5.41 Å². The maximum atomic E-state index is 11.3. The van der Waals surface area contributed by atoms with Crippen molar-refractivity contribution in [2.24, 2.45) is 5.41 Å². The van der Waals surface area contributed by atoms with Crippen LogP contribution in [0.15, 0.2) is 30.3 Å². The second-order valence-corrected chi connectivity index (χ2v) is 4.27. The van der Waals surface area contributed by atoms with Gasteiger partial charge in [0.2, 0.25) is 0 Å². The van der Waals surface area contributed by atoms with Crippen molar-refractivity contribution in [2.75, 3.05) is 0 Å². The summed E-state index contributed by atoms with van der Waals surface area (Å²) in [5, 5.41) is 0. The van der Waals surface area contributed by atoms with E-state index in [1.165, 1.54) is 0 Å². The standard InChI is InChI=1S/C12H14O2/c1-12(2)10(13)8-11(12)14-9-6-4-3-5-7-9/h3-7,11H,8H2,1-2H3. The van der Waals surface area contributed by atoms with E-state index in [1.807, 2.05) is 44.2 Å². The summed E-state index contributed by atoms with van der Waals surface area (Å²) in [4.78, 5) is 11.3. The van der Waals surface area contributed by atoms with Crippen molar-refractivity contribution in [3.8, 4) is 5.75 Å². The zero-order chi connectivity index (χ0) is 10.2. The van der Waals surface area contributed by atoms with E-state index in [9.17, 15) is 4.79 Å². The first kappa shape index (κ1) is 9.25. The smallest absolute Gasteiger partial charge is 0.145 e. The molecule has 0 radical (unpaired) electrons. The predicted molar refractivity (Wildman–Crippen MR) is 54.3 cm³/mol. The summed E-state index contributed by atoms with van der Waals surface area (Å²) in [6.45, 7) is 3.87. The lowest BCUT2D eigenvalue weighted by Gasteiger charge is -2.41. The molecule has 74 valence electrons. The van der Waals surface area contributed by atoms with Crippen LogP contribution in [-0.2, 0) is 4.79 Å². The molecule has 1 unspecified atom stereocenters. The molecule has 0 heterocycles. The average Bonchev–Trinajstić information content (AvgIpc) is 2.19. The zero-order valence-electron chi connectivity index (χ0n) is 8.49. The van der Waals surface area contributed by atoms with Crippen molar-refractivity contribution in [1.29, 1.82) is 0 Å². The molecule has 2 rings (SSSR count). The zero-order valence-corrected chi connectivity index (χ0v) is 8.49. The largest absolute Gasteiger partial charge is 0.489 e. The molecule has 1 saturated carbocycles. The fourth-order valence-corrected chi connectivity index (χ4v) is 1.59. The van der Waals surface area contributed by atoms with Crippen molar-refractivity contribution in [3.63, 3.8) is 0 Å². The van der Waals surface area contributed by atoms with Crippen LogP contribution < -0.4 is 4.74 Å². The summed E-state index contributed by atoms with van der Waals surface area (Å²) < 4.78 is 5.72. The Hall–Kier alpha value is -1.31. The molecule has 0 bridgehead atoms. The van der Waals surface area contributed by atoms with Crippen LogP contribution in [0.1, 0.15) is 20.3 Å². The number of hydrogen-bond donors (Lipinski definition) is 0. The molecule has 1 aromatic rings. The van der Waals surface area contributed by atoms with E-state index < -0.39 is 0 Å². The lowest BCUT2D eigenvalue weighted by molar-refractivity contribution is -0.148. The molecule has 1 atom stereocenters. The summed E-state index contributed by atoms with van der Waals surface area (Å²) in [7, 11) is 0. The lowest BCUT2D eigenvalue weighted by Crippen LogP contribution is -2.52. The third-order valence-electron chi connectivity index (χ3n) is 2.92. The van der Waals surface area contributed by atoms with Crippen LogP contribution in [0.25, 0.3) is 0 Å². The minimum Gasteiger partial charge on any atom is -0.489 e. The minimum atomic E-state index is -0.310. The van der Waals surface area contributed by atoms with Gasteiger partial charge >= 0.3 is 0 Å². The van der Waals surface area contributed by atoms with Crippen molar-refractivity contribution in [2.45, 2.75) is 26.4 Å². The van der Waals surface area contributed by atoms with E-state index in [-0.39, 0.29) is 11.5 Å². The van der Waals surface area contributed by atoms with E-state index in [1.54, 1.807) is 0 Å². The number of ether oxygens (including phenoxy) is 1. The summed E-state index contributed by atoms with van der Waals surface area (Å²) in [5.41, 5.74) is -0.310. The van der Waals surface area contributed by atoms with Crippen LogP contribution in [0.5, 0.6) is 5.75 Å². The first-order chi connectivity index (χ1) is 6.60. The highest BCUT2D eigenvalue weighted by Crippen LogP contribution is 2.39. The van der Waals surface area contributed by atoms with Gasteiger partial charge in [0, 0.05) is 6.42 Å². The monoisotopic (exact) mass is 190 g/mol. The van der Waals surface area contributed by atoms with Gasteiger partial charge < -0.3 is 4.74 Å². The van der Waals surface area contributed by atoms with Gasteiger partial charge in [-0.3, -0.25) is 4.79 Å². The molecule has 0 aromatic heterocycles. The molecular weight excluding hydrogens is 176 g/mol. The van der Waals surface area contributed by atoms with Gasteiger partial charge in [-0.15, -0.1) is 0 Å². The Balaban J connectivity index is 2.04. The number of ketones is 1. The van der Waals surface area contributed by atoms with Gasteiger partial charge in [-0.1, -0.05) is 18.2 Å². The maximum absolute atomic E-state index is 11.3. The molecule has 1 aliphatic rings. The van der Waals surface area contributed by atoms with Gasteiger partial charge in [0.15, 0.2) is 0 Å².